The Morgan fingerprint density at radius 3 is 2.82 bits per heavy atom. The topological polar surface area (TPSA) is 105 Å². The molecule has 0 atom stereocenters. The van der Waals surface area contributed by atoms with Gasteiger partial charge in [-0.05, 0) is 17.7 Å². The Bertz CT molecular complexity index is 598. The summed E-state index contributed by atoms with van der Waals surface area (Å²) in [6, 6.07) is 4.91. The van der Waals surface area contributed by atoms with Gasteiger partial charge in [-0.1, -0.05) is 5.16 Å². The van der Waals surface area contributed by atoms with Crippen LogP contribution < -0.4 is 10.5 Å². The Balaban J connectivity index is 2.63. The van der Waals surface area contributed by atoms with Crippen molar-refractivity contribution in [2.45, 2.75) is 0 Å². The number of anilines is 1. The van der Waals surface area contributed by atoms with E-state index in [1.807, 2.05) is 6.07 Å². The van der Waals surface area contributed by atoms with Crippen LogP contribution in [0.15, 0.2) is 22.9 Å². The van der Waals surface area contributed by atoms with Gasteiger partial charge < -0.3 is 20.1 Å². The predicted molar refractivity (Wildman–Crippen MR) is 59.3 cm³/mol. The predicted octanol–water partition coefficient (Wildman–Crippen LogP) is 1.51. The Morgan fingerprint density at radius 2 is 2.29 bits per heavy atom. The van der Waals surface area contributed by atoms with Crippen molar-refractivity contribution in [3.8, 4) is 28.7 Å². The molecule has 0 aliphatic heterocycles. The summed E-state index contributed by atoms with van der Waals surface area (Å²) in [7, 11) is 1.38. The van der Waals surface area contributed by atoms with Gasteiger partial charge in [0.1, 0.15) is 6.07 Å². The molecule has 1 aromatic carbocycles. The largest absolute Gasteiger partial charge is 0.504 e. The molecule has 6 heteroatoms. The number of aromatic nitrogens is 1. The molecule has 0 saturated carbocycles. The molecular weight excluding hydrogens is 222 g/mol. The quantitative estimate of drug-likeness (QED) is 0.811. The second-order valence-corrected chi connectivity index (χ2v) is 3.29. The first kappa shape index (κ1) is 10.8. The van der Waals surface area contributed by atoms with Crippen LogP contribution in [-0.2, 0) is 0 Å². The van der Waals surface area contributed by atoms with Gasteiger partial charge in [0.25, 0.3) is 0 Å². The van der Waals surface area contributed by atoms with E-state index in [4.69, 9.17) is 20.3 Å². The SMILES string of the molecule is COc1c(O)cc(-c2cnoc2N)cc1C#N. The van der Waals surface area contributed by atoms with Crippen molar-refractivity contribution < 1.29 is 14.4 Å². The molecule has 0 aliphatic carbocycles. The fourth-order valence-corrected chi connectivity index (χ4v) is 1.53. The van der Waals surface area contributed by atoms with Crippen molar-refractivity contribution in [2.75, 3.05) is 12.8 Å². The smallest absolute Gasteiger partial charge is 0.229 e. The van der Waals surface area contributed by atoms with Crippen molar-refractivity contribution in [2.24, 2.45) is 0 Å². The molecule has 0 fully saturated rings. The fourth-order valence-electron chi connectivity index (χ4n) is 1.53. The van der Waals surface area contributed by atoms with Crippen LogP contribution in [-0.4, -0.2) is 17.4 Å². The van der Waals surface area contributed by atoms with Crippen LogP contribution in [0.2, 0.25) is 0 Å². The molecule has 1 heterocycles. The van der Waals surface area contributed by atoms with E-state index in [0.29, 0.717) is 11.1 Å². The minimum absolute atomic E-state index is 0.124. The maximum atomic E-state index is 9.73. The average Bonchev–Trinajstić information content (AvgIpc) is 2.74. The molecule has 0 saturated heterocycles. The van der Waals surface area contributed by atoms with Crippen molar-refractivity contribution in [3.05, 3.63) is 23.9 Å². The molecule has 6 nitrogen and oxygen atoms in total. The van der Waals surface area contributed by atoms with Crippen molar-refractivity contribution in [1.82, 2.24) is 5.16 Å². The monoisotopic (exact) mass is 231 g/mol. The number of hydrogen-bond acceptors (Lipinski definition) is 6. The highest BCUT2D eigenvalue weighted by atomic mass is 16.5. The van der Waals surface area contributed by atoms with E-state index in [-0.39, 0.29) is 22.9 Å². The maximum Gasteiger partial charge on any atom is 0.229 e. The molecule has 86 valence electrons. The van der Waals surface area contributed by atoms with Crippen molar-refractivity contribution in [1.29, 1.82) is 5.26 Å². The minimum atomic E-state index is -0.137. The van der Waals surface area contributed by atoms with Crippen LogP contribution in [0.1, 0.15) is 5.56 Å². The molecule has 0 aliphatic rings. The number of nitrogens with zero attached hydrogens (tertiary/aromatic N) is 2. The number of nitrogens with two attached hydrogens (primary N) is 1. The molecule has 3 N–H and O–H groups in total. The van der Waals surface area contributed by atoms with Gasteiger partial charge >= 0.3 is 0 Å². The number of rotatable bonds is 2. The van der Waals surface area contributed by atoms with E-state index in [1.165, 1.54) is 19.4 Å². The zero-order valence-electron chi connectivity index (χ0n) is 8.97. The van der Waals surface area contributed by atoms with Crippen LogP contribution in [0, 0.1) is 11.3 Å². The molecule has 0 spiro atoms. The molecule has 0 amide bonds. The fraction of sp³-hybridized carbons (Fsp3) is 0.0909. The van der Waals surface area contributed by atoms with Gasteiger partial charge in [-0.15, -0.1) is 0 Å². The second kappa shape index (κ2) is 4.06. The number of aromatic hydroxyl groups is 1. The number of methoxy groups -OCH3 is 1. The van der Waals surface area contributed by atoms with Gasteiger partial charge in [0.2, 0.25) is 5.88 Å². The van der Waals surface area contributed by atoms with E-state index in [2.05, 4.69) is 5.16 Å². The summed E-state index contributed by atoms with van der Waals surface area (Å²) in [5.74, 6) is 0.117. The number of nitriles is 1. The summed E-state index contributed by atoms with van der Waals surface area (Å²) < 4.78 is 9.65. The number of ether oxygens (including phenoxy) is 1. The lowest BCUT2D eigenvalue weighted by Crippen LogP contribution is -1.91. The molecule has 17 heavy (non-hydrogen) atoms. The van der Waals surface area contributed by atoms with Gasteiger partial charge in [-0.2, -0.15) is 5.26 Å². The molecule has 1 aromatic heterocycles. The number of benzene rings is 1. The number of phenolic OH excluding ortho intramolecular Hbond substituents is 1. The zero-order chi connectivity index (χ0) is 12.4. The van der Waals surface area contributed by atoms with Crippen LogP contribution in [0.4, 0.5) is 5.88 Å². The van der Waals surface area contributed by atoms with Gasteiger partial charge in [0.15, 0.2) is 11.5 Å². The normalized spacial score (nSPS) is 9.88. The summed E-state index contributed by atoms with van der Waals surface area (Å²) >= 11 is 0. The molecule has 0 bridgehead atoms. The van der Waals surface area contributed by atoms with E-state index in [1.54, 1.807) is 6.07 Å². The first-order valence-corrected chi connectivity index (χ1v) is 4.69. The molecule has 0 radical (unpaired) electrons. The first-order valence-electron chi connectivity index (χ1n) is 4.69. The number of hydrogen-bond donors (Lipinski definition) is 2. The molecule has 2 aromatic rings. The van der Waals surface area contributed by atoms with Gasteiger partial charge in [0, 0.05) is 0 Å². The zero-order valence-corrected chi connectivity index (χ0v) is 8.97. The third-order valence-electron chi connectivity index (χ3n) is 2.30. The minimum Gasteiger partial charge on any atom is -0.504 e. The summed E-state index contributed by atoms with van der Waals surface area (Å²) in [6.45, 7) is 0. The molecule has 2 rings (SSSR count). The van der Waals surface area contributed by atoms with Crippen LogP contribution in [0.3, 0.4) is 0 Å². The van der Waals surface area contributed by atoms with Crippen LogP contribution >= 0.6 is 0 Å². The van der Waals surface area contributed by atoms with Gasteiger partial charge in [-0.25, -0.2) is 0 Å². The Labute approximate surface area is 96.8 Å². The standard InChI is InChI=1S/C11H9N3O3/c1-16-10-7(4-12)2-6(3-9(10)15)8-5-14-17-11(8)13/h2-3,5,15H,13H2,1H3. The highest BCUT2D eigenvalue weighted by molar-refractivity contribution is 5.76. The number of phenols is 1. The van der Waals surface area contributed by atoms with E-state index < -0.39 is 0 Å². The lowest BCUT2D eigenvalue weighted by Gasteiger charge is -2.07. The lowest BCUT2D eigenvalue weighted by atomic mass is 10.0. The maximum absolute atomic E-state index is 9.73. The summed E-state index contributed by atoms with van der Waals surface area (Å²) in [4.78, 5) is 0. The Hall–Kier alpha value is -2.68. The Morgan fingerprint density at radius 1 is 1.53 bits per heavy atom. The number of nitrogen functional groups attached to an aromatic ring is 1. The van der Waals surface area contributed by atoms with Crippen LogP contribution in [0.25, 0.3) is 11.1 Å². The molecule has 0 unspecified atom stereocenters. The van der Waals surface area contributed by atoms with E-state index in [0.717, 1.165) is 0 Å². The highest BCUT2D eigenvalue weighted by Crippen LogP contribution is 2.36. The van der Waals surface area contributed by atoms with Crippen LogP contribution in [0.5, 0.6) is 11.5 Å². The highest BCUT2D eigenvalue weighted by Gasteiger charge is 2.14. The van der Waals surface area contributed by atoms with Crippen molar-refractivity contribution in [3.63, 3.8) is 0 Å². The second-order valence-electron chi connectivity index (χ2n) is 3.29. The lowest BCUT2D eigenvalue weighted by molar-refractivity contribution is 0.372. The molecular formula is C11H9N3O3. The van der Waals surface area contributed by atoms with Crippen molar-refractivity contribution >= 4 is 5.88 Å². The third kappa shape index (κ3) is 1.74. The van der Waals surface area contributed by atoms with E-state index in [9.17, 15) is 5.11 Å². The first-order chi connectivity index (χ1) is 8.17. The Kier molecular flexibility index (Phi) is 2.58. The summed E-state index contributed by atoms with van der Waals surface area (Å²) in [5.41, 5.74) is 6.82. The summed E-state index contributed by atoms with van der Waals surface area (Å²) in [5, 5.41) is 22.2. The van der Waals surface area contributed by atoms with Gasteiger partial charge in [0.05, 0.1) is 24.4 Å². The third-order valence-corrected chi connectivity index (χ3v) is 2.30. The average molecular weight is 231 g/mol. The van der Waals surface area contributed by atoms with Gasteiger partial charge in [-0.3, -0.25) is 0 Å². The van der Waals surface area contributed by atoms with E-state index >= 15 is 0 Å². The summed E-state index contributed by atoms with van der Waals surface area (Å²) in [6.07, 6.45) is 1.41.